The van der Waals surface area contributed by atoms with Gasteiger partial charge >= 0.3 is 0 Å². The van der Waals surface area contributed by atoms with E-state index in [0.29, 0.717) is 17.5 Å². The Morgan fingerprint density at radius 2 is 2.04 bits per heavy atom. The number of aromatic nitrogens is 2. The number of ether oxygens (including phenoxy) is 2. The number of benzene rings is 1. The molecule has 0 amide bonds. The van der Waals surface area contributed by atoms with Crippen molar-refractivity contribution < 1.29 is 14.0 Å². The predicted molar refractivity (Wildman–Crippen MR) is 91.7 cm³/mol. The third-order valence-electron chi connectivity index (χ3n) is 4.10. The molecule has 1 fully saturated rings. The Morgan fingerprint density at radius 1 is 1.25 bits per heavy atom. The van der Waals surface area contributed by atoms with E-state index in [9.17, 15) is 0 Å². The molecule has 24 heavy (non-hydrogen) atoms. The second-order valence-electron chi connectivity index (χ2n) is 6.38. The fourth-order valence-electron chi connectivity index (χ4n) is 2.59. The number of methoxy groups -OCH3 is 1. The van der Waals surface area contributed by atoms with Gasteiger partial charge in [-0.15, -0.1) is 0 Å². The molecule has 1 aromatic heterocycles. The molecule has 1 heterocycles. The molecule has 6 nitrogen and oxygen atoms in total. The first kappa shape index (κ1) is 16.5. The van der Waals surface area contributed by atoms with Crippen LogP contribution >= 0.6 is 0 Å². The van der Waals surface area contributed by atoms with E-state index in [1.165, 1.54) is 0 Å². The molecule has 0 saturated heterocycles. The van der Waals surface area contributed by atoms with Crippen LogP contribution in [0.2, 0.25) is 0 Å². The molecule has 1 saturated carbocycles. The van der Waals surface area contributed by atoms with Gasteiger partial charge in [0.1, 0.15) is 0 Å². The molecule has 0 atom stereocenters. The van der Waals surface area contributed by atoms with Crippen molar-refractivity contribution in [1.82, 2.24) is 10.1 Å². The average molecular weight is 329 g/mol. The van der Waals surface area contributed by atoms with Crippen LogP contribution in [0.3, 0.4) is 0 Å². The lowest BCUT2D eigenvalue weighted by atomic mass is 9.77. The molecule has 0 unspecified atom stereocenters. The smallest absolute Gasteiger partial charge is 0.250 e. The van der Waals surface area contributed by atoms with Gasteiger partial charge in [-0.2, -0.15) is 4.98 Å². The van der Waals surface area contributed by atoms with Crippen molar-refractivity contribution >= 4 is 12.2 Å². The van der Waals surface area contributed by atoms with E-state index in [4.69, 9.17) is 19.7 Å². The first-order valence-electron chi connectivity index (χ1n) is 8.16. The van der Waals surface area contributed by atoms with Gasteiger partial charge in [-0.05, 0) is 56.9 Å². The van der Waals surface area contributed by atoms with Crippen LogP contribution in [-0.2, 0) is 5.54 Å². The van der Waals surface area contributed by atoms with Crippen LogP contribution in [0.1, 0.15) is 50.4 Å². The first-order chi connectivity index (χ1) is 11.5. The minimum absolute atomic E-state index is 0.0900. The van der Waals surface area contributed by atoms with Gasteiger partial charge in [0.2, 0.25) is 0 Å². The maximum Gasteiger partial charge on any atom is 0.250 e. The summed E-state index contributed by atoms with van der Waals surface area (Å²) in [4.78, 5) is 4.37. The molecule has 1 aromatic carbocycles. The summed E-state index contributed by atoms with van der Waals surface area (Å²) in [7, 11) is 1.62. The summed E-state index contributed by atoms with van der Waals surface area (Å²) in [5.74, 6) is 2.45. The Hall–Kier alpha value is -2.34. The molecule has 6 heteroatoms. The van der Waals surface area contributed by atoms with E-state index in [0.717, 1.165) is 30.6 Å². The van der Waals surface area contributed by atoms with Gasteiger partial charge in [-0.25, -0.2) is 0 Å². The molecule has 1 aliphatic rings. The van der Waals surface area contributed by atoms with Crippen LogP contribution < -0.4 is 15.2 Å². The number of rotatable bonds is 6. The highest BCUT2D eigenvalue weighted by Gasteiger charge is 2.38. The van der Waals surface area contributed by atoms with E-state index >= 15 is 0 Å². The fraction of sp³-hybridized carbons (Fsp3) is 0.444. The van der Waals surface area contributed by atoms with Crippen molar-refractivity contribution in [2.24, 2.45) is 5.73 Å². The fourth-order valence-corrected chi connectivity index (χ4v) is 2.59. The molecule has 0 spiro atoms. The molecule has 2 N–H and O–H groups in total. The Bertz CT molecular complexity index is 733. The minimum atomic E-state index is -0.408. The quantitative estimate of drug-likeness (QED) is 0.875. The Kier molecular flexibility index (Phi) is 4.57. The standard InChI is InChI=1S/C18H23N3O3/c1-12(2)23-14-7-5-13(11-15(14)22-3)6-8-16-20-17(21-24-16)18(19)9-4-10-18/h5-8,11-12H,4,9-10,19H2,1-3H3/b8-6+. The number of nitrogens with two attached hydrogens (primary N) is 1. The van der Waals surface area contributed by atoms with Crippen LogP contribution in [0, 0.1) is 0 Å². The average Bonchev–Trinajstić information content (AvgIpc) is 3.00. The van der Waals surface area contributed by atoms with Gasteiger partial charge in [-0.1, -0.05) is 11.2 Å². The third-order valence-corrected chi connectivity index (χ3v) is 4.10. The van der Waals surface area contributed by atoms with Crippen LogP contribution in [0.15, 0.2) is 22.7 Å². The normalized spacial score (nSPS) is 16.4. The van der Waals surface area contributed by atoms with Crippen molar-refractivity contribution in [1.29, 1.82) is 0 Å². The van der Waals surface area contributed by atoms with E-state index in [-0.39, 0.29) is 6.10 Å². The zero-order valence-electron chi connectivity index (χ0n) is 14.3. The first-order valence-corrected chi connectivity index (χ1v) is 8.16. The highest BCUT2D eigenvalue weighted by Crippen LogP contribution is 2.37. The van der Waals surface area contributed by atoms with Gasteiger partial charge in [0.15, 0.2) is 17.3 Å². The molecule has 128 valence electrons. The summed E-state index contributed by atoms with van der Waals surface area (Å²) in [5.41, 5.74) is 6.74. The van der Waals surface area contributed by atoms with Crippen molar-refractivity contribution in [2.75, 3.05) is 7.11 Å². The van der Waals surface area contributed by atoms with Gasteiger partial charge in [-0.3, -0.25) is 0 Å². The lowest BCUT2D eigenvalue weighted by molar-refractivity contribution is 0.229. The Balaban J connectivity index is 1.74. The summed E-state index contributed by atoms with van der Waals surface area (Å²) >= 11 is 0. The van der Waals surface area contributed by atoms with Crippen LogP contribution in [-0.4, -0.2) is 23.4 Å². The molecular weight excluding hydrogens is 306 g/mol. The maximum atomic E-state index is 6.20. The minimum Gasteiger partial charge on any atom is -0.493 e. The predicted octanol–water partition coefficient (Wildman–Crippen LogP) is 3.37. The van der Waals surface area contributed by atoms with Gasteiger partial charge in [0.25, 0.3) is 5.89 Å². The molecule has 2 aromatic rings. The van der Waals surface area contributed by atoms with E-state index in [1.54, 1.807) is 13.2 Å². The Labute approximate surface area is 141 Å². The van der Waals surface area contributed by atoms with Gasteiger partial charge in [0, 0.05) is 6.08 Å². The zero-order chi connectivity index (χ0) is 17.2. The molecular formula is C18H23N3O3. The summed E-state index contributed by atoms with van der Waals surface area (Å²) < 4.78 is 16.4. The number of hydrogen-bond donors (Lipinski definition) is 1. The Morgan fingerprint density at radius 3 is 2.67 bits per heavy atom. The molecule has 3 rings (SSSR count). The van der Waals surface area contributed by atoms with E-state index in [2.05, 4.69) is 10.1 Å². The summed E-state index contributed by atoms with van der Waals surface area (Å²) in [6.45, 7) is 3.96. The van der Waals surface area contributed by atoms with Crippen molar-refractivity contribution in [3.8, 4) is 11.5 Å². The van der Waals surface area contributed by atoms with Crippen LogP contribution in [0.5, 0.6) is 11.5 Å². The van der Waals surface area contributed by atoms with Gasteiger partial charge < -0.3 is 19.7 Å². The topological polar surface area (TPSA) is 83.4 Å². The molecule has 0 bridgehead atoms. The largest absolute Gasteiger partial charge is 0.493 e. The number of nitrogens with zero attached hydrogens (tertiary/aromatic N) is 2. The molecule has 1 aliphatic carbocycles. The second kappa shape index (κ2) is 6.65. The lowest BCUT2D eigenvalue weighted by Gasteiger charge is -2.34. The summed E-state index contributed by atoms with van der Waals surface area (Å²) in [6.07, 6.45) is 6.68. The highest BCUT2D eigenvalue weighted by atomic mass is 16.5. The monoisotopic (exact) mass is 329 g/mol. The highest BCUT2D eigenvalue weighted by molar-refractivity contribution is 5.67. The van der Waals surface area contributed by atoms with Gasteiger partial charge in [0.05, 0.1) is 18.8 Å². The van der Waals surface area contributed by atoms with E-state index in [1.807, 2.05) is 38.1 Å². The van der Waals surface area contributed by atoms with Crippen molar-refractivity contribution in [3.05, 3.63) is 35.5 Å². The third kappa shape index (κ3) is 3.43. The second-order valence-corrected chi connectivity index (χ2v) is 6.38. The lowest BCUT2D eigenvalue weighted by Crippen LogP contribution is -2.44. The van der Waals surface area contributed by atoms with E-state index < -0.39 is 5.54 Å². The van der Waals surface area contributed by atoms with Crippen LogP contribution in [0.4, 0.5) is 0 Å². The summed E-state index contributed by atoms with van der Waals surface area (Å²) in [5, 5.41) is 4.00. The SMILES string of the molecule is COc1cc(/C=C/c2nc(C3(N)CCC3)no2)ccc1OC(C)C. The van der Waals surface area contributed by atoms with Crippen molar-refractivity contribution in [2.45, 2.75) is 44.8 Å². The van der Waals surface area contributed by atoms with Crippen LogP contribution in [0.25, 0.3) is 12.2 Å². The number of hydrogen-bond acceptors (Lipinski definition) is 6. The summed E-state index contributed by atoms with van der Waals surface area (Å²) in [6, 6.07) is 5.74. The maximum absolute atomic E-state index is 6.20. The van der Waals surface area contributed by atoms with Crippen molar-refractivity contribution in [3.63, 3.8) is 0 Å². The molecule has 0 radical (unpaired) electrons. The zero-order valence-corrected chi connectivity index (χ0v) is 14.3. The molecule has 0 aliphatic heterocycles.